The van der Waals surface area contributed by atoms with Crippen molar-refractivity contribution in [2.75, 3.05) is 0 Å². The minimum Gasteiger partial charge on any atom is -0.269 e. The van der Waals surface area contributed by atoms with E-state index in [2.05, 4.69) is 5.01 Å². The average Bonchev–Trinajstić information content (AvgIpc) is 2.86. The summed E-state index contributed by atoms with van der Waals surface area (Å²) in [4.78, 5) is 4.90. The van der Waals surface area contributed by atoms with Crippen LogP contribution in [-0.4, -0.2) is 28.6 Å². The van der Waals surface area contributed by atoms with Crippen molar-refractivity contribution in [1.29, 1.82) is 0 Å². The van der Waals surface area contributed by atoms with Crippen LogP contribution in [0.4, 0.5) is 0 Å². The smallest absolute Gasteiger partial charge is 0.138 e. The third-order valence-electron chi connectivity index (χ3n) is 4.48. The fourth-order valence-corrected chi connectivity index (χ4v) is 3.77. The first kappa shape index (κ1) is 8.31. The second-order valence-corrected chi connectivity index (χ2v) is 5.33. The number of hydrogen-bond acceptors (Lipinski definition) is 3. The number of nitrogens with zero attached hydrogens (tertiary/aromatic N) is 3. The third kappa shape index (κ3) is 1.06. The Morgan fingerprint density at radius 2 is 2.00 bits per heavy atom. The molecule has 15 heavy (non-hydrogen) atoms. The molecule has 3 atom stereocenters. The zero-order valence-corrected chi connectivity index (χ0v) is 9.02. The lowest BCUT2D eigenvalue weighted by atomic mass is 10.0. The molecule has 4 rings (SSSR count). The van der Waals surface area contributed by atoms with Gasteiger partial charge < -0.3 is 0 Å². The summed E-state index contributed by atoms with van der Waals surface area (Å²) in [6.07, 6.45) is 9.46. The van der Waals surface area contributed by atoms with Crippen LogP contribution in [0.3, 0.4) is 0 Å². The summed E-state index contributed by atoms with van der Waals surface area (Å²) in [7, 11) is 0. The fourth-order valence-electron chi connectivity index (χ4n) is 3.77. The maximum atomic E-state index is 4.90. The van der Waals surface area contributed by atoms with Crippen molar-refractivity contribution < 1.29 is 0 Å². The predicted octanol–water partition coefficient (Wildman–Crippen LogP) is 2.18. The van der Waals surface area contributed by atoms with Gasteiger partial charge in [-0.05, 0) is 44.4 Å². The molecule has 1 saturated heterocycles. The highest BCUT2D eigenvalue weighted by molar-refractivity contribution is 6.44. The van der Waals surface area contributed by atoms with Gasteiger partial charge in [0.25, 0.3) is 0 Å². The summed E-state index contributed by atoms with van der Waals surface area (Å²) in [6, 6.07) is 0.730. The van der Waals surface area contributed by atoms with Gasteiger partial charge in [-0.25, -0.2) is 0 Å². The molecule has 0 spiro atoms. The van der Waals surface area contributed by atoms with Gasteiger partial charge in [0.05, 0.1) is 17.5 Å². The third-order valence-corrected chi connectivity index (χ3v) is 4.48. The molecule has 80 valence electrons. The minimum atomic E-state index is 0.414. The Morgan fingerprint density at radius 3 is 3.00 bits per heavy atom. The number of hydrogen-bond donors (Lipinski definition) is 0. The summed E-state index contributed by atoms with van der Waals surface area (Å²) in [6.45, 7) is 0. The van der Waals surface area contributed by atoms with E-state index in [1.54, 1.807) is 0 Å². The number of aliphatic imine (C=N–C) groups is 1. The molecule has 3 heteroatoms. The van der Waals surface area contributed by atoms with Crippen molar-refractivity contribution in [2.24, 2.45) is 16.0 Å². The molecule has 2 heterocycles. The van der Waals surface area contributed by atoms with E-state index in [1.165, 1.54) is 56.4 Å². The lowest BCUT2D eigenvalue weighted by molar-refractivity contribution is 0.197. The van der Waals surface area contributed by atoms with Gasteiger partial charge in [-0.15, -0.1) is 0 Å². The van der Waals surface area contributed by atoms with E-state index in [-0.39, 0.29) is 0 Å². The van der Waals surface area contributed by atoms with Gasteiger partial charge in [0.2, 0.25) is 0 Å². The molecule has 3 nitrogen and oxygen atoms in total. The Labute approximate surface area is 90.3 Å². The summed E-state index contributed by atoms with van der Waals surface area (Å²) < 4.78 is 0. The molecule has 0 bridgehead atoms. The lowest BCUT2D eigenvalue weighted by Gasteiger charge is -2.28. The molecule has 0 aromatic heterocycles. The van der Waals surface area contributed by atoms with Crippen LogP contribution in [-0.2, 0) is 0 Å². The van der Waals surface area contributed by atoms with Crippen LogP contribution in [0, 0.1) is 5.92 Å². The minimum absolute atomic E-state index is 0.414. The highest BCUT2D eigenvalue weighted by atomic mass is 15.5. The van der Waals surface area contributed by atoms with Crippen molar-refractivity contribution in [3.8, 4) is 0 Å². The molecule has 2 saturated carbocycles. The number of hydrazone groups is 1. The van der Waals surface area contributed by atoms with E-state index in [4.69, 9.17) is 10.1 Å². The lowest BCUT2D eigenvalue weighted by Crippen LogP contribution is -2.36. The Morgan fingerprint density at radius 1 is 1.07 bits per heavy atom. The maximum absolute atomic E-state index is 4.90. The largest absolute Gasteiger partial charge is 0.269 e. The fraction of sp³-hybridized carbons (Fsp3) is 0.833. The van der Waals surface area contributed by atoms with Gasteiger partial charge >= 0.3 is 0 Å². The van der Waals surface area contributed by atoms with E-state index in [0.29, 0.717) is 6.17 Å². The molecule has 2 aliphatic heterocycles. The Hall–Kier alpha value is -0.860. The van der Waals surface area contributed by atoms with Gasteiger partial charge in [0.15, 0.2) is 0 Å². The highest BCUT2D eigenvalue weighted by Gasteiger charge is 2.45. The van der Waals surface area contributed by atoms with Gasteiger partial charge in [-0.2, -0.15) is 5.10 Å². The Balaban J connectivity index is 1.71. The van der Waals surface area contributed by atoms with Gasteiger partial charge in [-0.3, -0.25) is 10.0 Å². The van der Waals surface area contributed by atoms with Crippen molar-refractivity contribution in [1.82, 2.24) is 5.01 Å². The zero-order valence-electron chi connectivity index (χ0n) is 9.02. The van der Waals surface area contributed by atoms with Crippen molar-refractivity contribution in [2.45, 2.75) is 57.2 Å². The molecule has 3 fully saturated rings. The number of fused-ring (bicyclic) bond motifs is 4. The van der Waals surface area contributed by atoms with Crippen LogP contribution in [0.25, 0.3) is 0 Å². The first-order chi connectivity index (χ1) is 7.42. The SMILES string of the molecule is C1CC2=NC3CC4CCCC4N3N=C2C1. The standard InChI is InChI=1S/C12H17N3/c1-3-8-7-12-13-9-4-2-5-10(9)14-15(12)11(8)6-1/h8,11-12H,1-7H2. The van der Waals surface area contributed by atoms with E-state index in [9.17, 15) is 0 Å². The quantitative estimate of drug-likeness (QED) is 0.593. The van der Waals surface area contributed by atoms with Crippen LogP contribution < -0.4 is 0 Å². The van der Waals surface area contributed by atoms with Crippen LogP contribution in [0.15, 0.2) is 10.1 Å². The topological polar surface area (TPSA) is 28.0 Å². The molecule has 3 unspecified atom stereocenters. The molecule has 0 aromatic carbocycles. The van der Waals surface area contributed by atoms with Crippen LogP contribution in [0.5, 0.6) is 0 Å². The Bertz CT molecular complexity index is 358. The normalized spacial score (nSPS) is 42.1. The van der Waals surface area contributed by atoms with Crippen molar-refractivity contribution in [3.05, 3.63) is 0 Å². The van der Waals surface area contributed by atoms with E-state index < -0.39 is 0 Å². The summed E-state index contributed by atoms with van der Waals surface area (Å²) in [5.74, 6) is 0.891. The maximum Gasteiger partial charge on any atom is 0.138 e. The van der Waals surface area contributed by atoms with E-state index in [1.807, 2.05) is 0 Å². The molecule has 0 aromatic rings. The van der Waals surface area contributed by atoms with Crippen LogP contribution in [0.2, 0.25) is 0 Å². The summed E-state index contributed by atoms with van der Waals surface area (Å²) in [5.41, 5.74) is 2.63. The van der Waals surface area contributed by atoms with Gasteiger partial charge in [0.1, 0.15) is 6.17 Å². The first-order valence-corrected chi connectivity index (χ1v) is 6.35. The first-order valence-electron chi connectivity index (χ1n) is 6.35. The van der Waals surface area contributed by atoms with Gasteiger partial charge in [-0.1, -0.05) is 6.42 Å². The molecule has 2 aliphatic carbocycles. The van der Waals surface area contributed by atoms with E-state index in [0.717, 1.165) is 12.0 Å². The van der Waals surface area contributed by atoms with Crippen LogP contribution >= 0.6 is 0 Å². The molecule has 4 aliphatic rings. The number of rotatable bonds is 0. The molecular formula is C12H17N3. The Kier molecular flexibility index (Phi) is 1.57. The zero-order chi connectivity index (χ0) is 9.83. The van der Waals surface area contributed by atoms with Crippen molar-refractivity contribution in [3.63, 3.8) is 0 Å². The highest BCUT2D eigenvalue weighted by Crippen LogP contribution is 2.43. The predicted molar refractivity (Wildman–Crippen MR) is 60.1 cm³/mol. The average molecular weight is 203 g/mol. The summed E-state index contributed by atoms with van der Waals surface area (Å²) >= 11 is 0. The second kappa shape index (κ2) is 2.83. The molecule has 0 N–H and O–H groups in total. The van der Waals surface area contributed by atoms with E-state index >= 15 is 0 Å². The molecule has 0 radical (unpaired) electrons. The monoisotopic (exact) mass is 203 g/mol. The second-order valence-electron chi connectivity index (χ2n) is 5.33. The van der Waals surface area contributed by atoms with Crippen molar-refractivity contribution >= 4 is 11.4 Å². The van der Waals surface area contributed by atoms with Gasteiger partial charge in [0, 0.05) is 0 Å². The molecule has 0 amide bonds. The van der Waals surface area contributed by atoms with Crippen LogP contribution in [0.1, 0.15) is 44.9 Å². The summed E-state index contributed by atoms with van der Waals surface area (Å²) in [5, 5.41) is 7.22. The molecular weight excluding hydrogens is 186 g/mol.